The molecule has 0 saturated heterocycles. The molecule has 1 aliphatic rings. The number of unbranched alkanes of at least 4 members (excludes halogenated alkanes) is 1. The van der Waals surface area contributed by atoms with Gasteiger partial charge >= 0.3 is 0 Å². The largest absolute Gasteiger partial charge is 0.383 e. The predicted octanol–water partition coefficient (Wildman–Crippen LogP) is 9.77. The molecule has 4 nitrogen and oxygen atoms in total. The van der Waals surface area contributed by atoms with E-state index in [1.807, 2.05) is 0 Å². The summed E-state index contributed by atoms with van der Waals surface area (Å²) in [5.74, 6) is 1.53. The molecular formula is C36H50N4. The van der Waals surface area contributed by atoms with E-state index in [-0.39, 0.29) is 16.2 Å². The third kappa shape index (κ3) is 5.34. The molecule has 0 fully saturated rings. The lowest BCUT2D eigenvalue weighted by molar-refractivity contribution is 0.291. The summed E-state index contributed by atoms with van der Waals surface area (Å²) < 4.78 is 4.91. The molecule has 2 heterocycles. The number of imidazole rings is 1. The van der Waals surface area contributed by atoms with Gasteiger partial charge in [-0.05, 0) is 76.5 Å². The number of fused-ring (bicyclic) bond motifs is 4. The van der Waals surface area contributed by atoms with Gasteiger partial charge in [0.1, 0.15) is 5.52 Å². The second-order valence-electron chi connectivity index (χ2n) is 15.2. The van der Waals surface area contributed by atoms with E-state index in [9.17, 15) is 0 Å². The third-order valence-electron chi connectivity index (χ3n) is 8.50. The van der Waals surface area contributed by atoms with Crippen molar-refractivity contribution in [2.45, 2.75) is 100 Å². The SMILES string of the molecule is CCCCn1c(-n2c3c(c4cc(C(C)(C)C)ccc42)CC(C(C)(C)C)C=C3)nc2c(NCC(C)(C)C)cccc21. The minimum atomic E-state index is 0.0962. The second kappa shape index (κ2) is 10.1. The fourth-order valence-corrected chi connectivity index (χ4v) is 5.88. The maximum absolute atomic E-state index is 5.44. The summed E-state index contributed by atoms with van der Waals surface area (Å²) in [5.41, 5.74) is 9.28. The third-order valence-corrected chi connectivity index (χ3v) is 8.50. The van der Waals surface area contributed by atoms with Crippen LogP contribution in [0.1, 0.15) is 98.9 Å². The highest BCUT2D eigenvalue weighted by molar-refractivity contribution is 5.93. The molecule has 214 valence electrons. The number of nitrogens with one attached hydrogen (secondary N) is 1. The Hall–Kier alpha value is -3.01. The minimum absolute atomic E-state index is 0.0962. The van der Waals surface area contributed by atoms with Crippen molar-refractivity contribution in [2.24, 2.45) is 16.7 Å². The van der Waals surface area contributed by atoms with E-state index in [0.717, 1.165) is 49.5 Å². The van der Waals surface area contributed by atoms with E-state index >= 15 is 0 Å². The van der Waals surface area contributed by atoms with Crippen LogP contribution in [0.5, 0.6) is 0 Å². The number of benzene rings is 2. The van der Waals surface area contributed by atoms with Crippen molar-refractivity contribution in [1.82, 2.24) is 14.1 Å². The van der Waals surface area contributed by atoms with Crippen molar-refractivity contribution < 1.29 is 0 Å². The van der Waals surface area contributed by atoms with Crippen LogP contribution in [0, 0.1) is 16.7 Å². The molecular weight excluding hydrogens is 488 g/mol. The van der Waals surface area contributed by atoms with E-state index in [4.69, 9.17) is 4.98 Å². The van der Waals surface area contributed by atoms with E-state index in [2.05, 4.69) is 132 Å². The fourth-order valence-electron chi connectivity index (χ4n) is 5.88. The molecule has 4 aromatic rings. The maximum Gasteiger partial charge on any atom is 0.215 e. The summed E-state index contributed by atoms with van der Waals surface area (Å²) in [7, 11) is 0. The van der Waals surface area contributed by atoms with Crippen molar-refractivity contribution in [1.29, 1.82) is 0 Å². The Kier molecular flexibility index (Phi) is 7.21. The van der Waals surface area contributed by atoms with Crippen molar-refractivity contribution in [3.05, 3.63) is 59.3 Å². The summed E-state index contributed by atoms with van der Waals surface area (Å²) in [6.07, 6.45) is 8.15. The van der Waals surface area contributed by atoms with Crippen LogP contribution in [0.2, 0.25) is 0 Å². The Balaban J connectivity index is 1.78. The van der Waals surface area contributed by atoms with Crippen molar-refractivity contribution in [2.75, 3.05) is 11.9 Å². The summed E-state index contributed by atoms with van der Waals surface area (Å²) in [4.78, 5) is 5.44. The number of hydrogen-bond donors (Lipinski definition) is 1. The van der Waals surface area contributed by atoms with E-state index < -0.39 is 0 Å². The van der Waals surface area contributed by atoms with Gasteiger partial charge in [0.25, 0.3) is 0 Å². The molecule has 0 radical (unpaired) electrons. The zero-order valence-electron chi connectivity index (χ0n) is 26.6. The molecule has 2 aromatic carbocycles. The van der Waals surface area contributed by atoms with Gasteiger partial charge in [-0.1, -0.05) is 93.9 Å². The van der Waals surface area contributed by atoms with Crippen LogP contribution in [0.25, 0.3) is 34.0 Å². The van der Waals surface area contributed by atoms with Gasteiger partial charge in [0.2, 0.25) is 5.95 Å². The average molecular weight is 539 g/mol. The van der Waals surface area contributed by atoms with Crippen molar-refractivity contribution >= 4 is 33.7 Å². The van der Waals surface area contributed by atoms with Gasteiger partial charge in [0, 0.05) is 18.5 Å². The van der Waals surface area contributed by atoms with E-state index in [1.54, 1.807) is 0 Å². The van der Waals surface area contributed by atoms with Crippen molar-refractivity contribution in [3.8, 4) is 5.95 Å². The van der Waals surface area contributed by atoms with Crippen LogP contribution in [0.15, 0.2) is 42.5 Å². The first-order valence-corrected chi connectivity index (χ1v) is 15.3. The Bertz CT molecular complexity index is 1560. The molecule has 2 aromatic heterocycles. The molecule has 0 saturated carbocycles. The molecule has 40 heavy (non-hydrogen) atoms. The van der Waals surface area contributed by atoms with Gasteiger partial charge in [-0.2, -0.15) is 0 Å². The zero-order valence-corrected chi connectivity index (χ0v) is 26.6. The predicted molar refractivity (Wildman–Crippen MR) is 174 cm³/mol. The zero-order chi connectivity index (χ0) is 29.0. The molecule has 4 heteroatoms. The molecule has 5 rings (SSSR count). The number of nitrogens with zero attached hydrogens (tertiary/aromatic N) is 3. The van der Waals surface area contributed by atoms with Gasteiger partial charge in [0.05, 0.1) is 22.4 Å². The first-order valence-electron chi connectivity index (χ1n) is 15.3. The lowest BCUT2D eigenvalue weighted by atomic mass is 9.74. The Labute approximate surface area is 241 Å². The van der Waals surface area contributed by atoms with Gasteiger partial charge in [0.15, 0.2) is 0 Å². The topological polar surface area (TPSA) is 34.8 Å². The number of aromatic nitrogens is 3. The van der Waals surface area contributed by atoms with Crippen LogP contribution in [-0.4, -0.2) is 20.7 Å². The number of anilines is 1. The van der Waals surface area contributed by atoms with Gasteiger partial charge in [-0.3, -0.25) is 4.57 Å². The molecule has 0 bridgehead atoms. The first kappa shape index (κ1) is 28.5. The molecule has 0 spiro atoms. The lowest BCUT2D eigenvalue weighted by Gasteiger charge is -2.30. The van der Waals surface area contributed by atoms with E-state index in [1.165, 1.54) is 33.2 Å². The van der Waals surface area contributed by atoms with E-state index in [0.29, 0.717) is 5.92 Å². The van der Waals surface area contributed by atoms with Crippen LogP contribution >= 0.6 is 0 Å². The molecule has 1 N–H and O–H groups in total. The Morgan fingerprint density at radius 3 is 2.35 bits per heavy atom. The number of hydrogen-bond acceptors (Lipinski definition) is 2. The quantitative estimate of drug-likeness (QED) is 0.265. The maximum atomic E-state index is 5.44. The molecule has 0 amide bonds. The lowest BCUT2D eigenvalue weighted by Crippen LogP contribution is -2.23. The average Bonchev–Trinajstić information content (AvgIpc) is 3.39. The van der Waals surface area contributed by atoms with Gasteiger partial charge in [-0.15, -0.1) is 0 Å². The van der Waals surface area contributed by atoms with Crippen LogP contribution < -0.4 is 5.32 Å². The monoisotopic (exact) mass is 538 g/mol. The first-order chi connectivity index (χ1) is 18.7. The minimum Gasteiger partial charge on any atom is -0.383 e. The van der Waals surface area contributed by atoms with Gasteiger partial charge in [-0.25, -0.2) is 4.98 Å². The standard InChI is InChI=1S/C36H50N4/c1-11-12-20-39-31-15-13-14-28(37-23-34(2,3)4)32(31)38-33(39)40-29-18-16-24(35(5,6)7)21-26(29)27-22-25(36(8,9)10)17-19-30(27)40/h13-19,21,25,37H,11-12,20,22-23H2,1-10H3. The summed E-state index contributed by atoms with van der Waals surface area (Å²) in [6, 6.07) is 13.7. The molecule has 1 atom stereocenters. The number of allylic oxidation sites excluding steroid dienone is 1. The fraction of sp³-hybridized carbons (Fsp3) is 0.528. The summed E-state index contributed by atoms with van der Waals surface area (Å²) in [5, 5.41) is 5.09. The summed E-state index contributed by atoms with van der Waals surface area (Å²) >= 11 is 0. The van der Waals surface area contributed by atoms with Crippen LogP contribution in [0.3, 0.4) is 0 Å². The number of aryl methyl sites for hydroxylation is 1. The van der Waals surface area contributed by atoms with Crippen molar-refractivity contribution in [3.63, 3.8) is 0 Å². The Morgan fingerprint density at radius 2 is 1.70 bits per heavy atom. The molecule has 0 aliphatic heterocycles. The number of para-hydroxylation sites is 1. The highest BCUT2D eigenvalue weighted by Gasteiger charge is 2.31. The number of rotatable bonds is 6. The van der Waals surface area contributed by atoms with Crippen LogP contribution in [-0.2, 0) is 18.4 Å². The highest BCUT2D eigenvalue weighted by atomic mass is 15.3. The summed E-state index contributed by atoms with van der Waals surface area (Å²) in [6.45, 7) is 25.0. The Morgan fingerprint density at radius 1 is 0.950 bits per heavy atom. The molecule has 1 aliphatic carbocycles. The highest BCUT2D eigenvalue weighted by Crippen LogP contribution is 2.42. The smallest absolute Gasteiger partial charge is 0.215 e. The molecule has 1 unspecified atom stereocenters. The van der Waals surface area contributed by atoms with Gasteiger partial charge < -0.3 is 9.88 Å². The normalized spacial score (nSPS) is 16.2. The van der Waals surface area contributed by atoms with Crippen LogP contribution in [0.4, 0.5) is 5.69 Å². The second-order valence-corrected chi connectivity index (χ2v) is 15.2.